The summed E-state index contributed by atoms with van der Waals surface area (Å²) in [4.78, 5) is 12.7. The molecule has 0 bridgehead atoms. The lowest BCUT2D eigenvalue weighted by atomic mass is 10.1. The number of aromatic nitrogens is 1. The van der Waals surface area contributed by atoms with Crippen LogP contribution in [0.1, 0.15) is 11.3 Å². The minimum Gasteiger partial charge on any atom is -0.398 e. The summed E-state index contributed by atoms with van der Waals surface area (Å²) < 4.78 is 26.6. The summed E-state index contributed by atoms with van der Waals surface area (Å²) in [5.41, 5.74) is 18.2. The van der Waals surface area contributed by atoms with E-state index in [9.17, 15) is 8.42 Å². The van der Waals surface area contributed by atoms with Crippen LogP contribution in [-0.2, 0) is 15.8 Å². The van der Waals surface area contributed by atoms with Crippen LogP contribution in [-0.4, -0.2) is 37.5 Å². The van der Waals surface area contributed by atoms with Crippen molar-refractivity contribution in [2.24, 2.45) is 21.5 Å². The molecular weight excluding hydrogens is 394 g/mol. The lowest BCUT2D eigenvalue weighted by Crippen LogP contribution is -2.22. The maximum absolute atomic E-state index is 12.1. The molecule has 9 nitrogen and oxygen atoms in total. The molecule has 1 aromatic carbocycles. The number of sulfonamides is 1. The predicted octanol–water partition coefficient (Wildman–Crippen LogP) is 0.602. The first-order chi connectivity index (χ1) is 12.4. The third-order valence-corrected chi connectivity index (χ3v) is 6.47. The molecule has 0 saturated heterocycles. The van der Waals surface area contributed by atoms with Crippen molar-refractivity contribution >= 4 is 55.7 Å². The van der Waals surface area contributed by atoms with Crippen LogP contribution in [0.25, 0.3) is 0 Å². The fourth-order valence-corrected chi connectivity index (χ4v) is 5.10. The van der Waals surface area contributed by atoms with E-state index in [1.54, 1.807) is 23.9 Å². The van der Waals surface area contributed by atoms with Crippen molar-refractivity contribution in [3.8, 4) is 0 Å². The first-order valence-electron chi connectivity index (χ1n) is 7.45. The Bertz CT molecular complexity index is 978. The summed E-state index contributed by atoms with van der Waals surface area (Å²) >= 11 is 2.99. The van der Waals surface area contributed by atoms with Gasteiger partial charge in [-0.05, 0) is 12.1 Å². The van der Waals surface area contributed by atoms with Crippen LogP contribution in [0.4, 0.5) is 10.8 Å². The number of aliphatic imine (C=N–C) groups is 2. The number of nitrogens with zero attached hydrogens (tertiary/aromatic N) is 3. The minimum absolute atomic E-state index is 0.0204. The van der Waals surface area contributed by atoms with Gasteiger partial charge in [-0.25, -0.2) is 13.4 Å². The van der Waals surface area contributed by atoms with E-state index in [-0.39, 0.29) is 10.9 Å². The van der Waals surface area contributed by atoms with Crippen molar-refractivity contribution < 1.29 is 8.42 Å². The van der Waals surface area contributed by atoms with E-state index in [4.69, 9.17) is 17.2 Å². The topological polar surface area (TPSA) is 162 Å². The van der Waals surface area contributed by atoms with Crippen molar-refractivity contribution in [1.82, 2.24) is 9.71 Å². The second kappa shape index (κ2) is 7.51. The fourth-order valence-electron chi connectivity index (χ4n) is 2.29. The Labute approximate surface area is 158 Å². The molecule has 0 spiro atoms. The molecule has 2 aromatic rings. The highest BCUT2D eigenvalue weighted by atomic mass is 32.2. The number of nitrogens with two attached hydrogens (primary N) is 3. The van der Waals surface area contributed by atoms with E-state index in [1.165, 1.54) is 17.4 Å². The van der Waals surface area contributed by atoms with Crippen molar-refractivity contribution in [3.63, 3.8) is 0 Å². The van der Waals surface area contributed by atoms with E-state index < -0.39 is 10.0 Å². The number of rotatable bonds is 6. The molecule has 1 aliphatic rings. The summed E-state index contributed by atoms with van der Waals surface area (Å²) in [6, 6.07) is 4.78. The van der Waals surface area contributed by atoms with Crippen LogP contribution in [0.15, 0.2) is 38.5 Å². The van der Waals surface area contributed by atoms with Crippen LogP contribution in [0.3, 0.4) is 0 Å². The SMILES string of the molecule is NC(N)=Nc1nc(CSCCN=C2NS(=O)(=O)c3cccc(N)c32)cs1. The number of guanidine groups is 1. The summed E-state index contributed by atoms with van der Waals surface area (Å²) in [5.74, 6) is 1.66. The highest BCUT2D eigenvalue weighted by Crippen LogP contribution is 2.27. The highest BCUT2D eigenvalue weighted by Gasteiger charge is 2.32. The van der Waals surface area contributed by atoms with Gasteiger partial charge in [0.15, 0.2) is 5.96 Å². The standard InChI is InChI=1S/C14H17N7O2S3/c15-9-2-1-3-10-11(9)12(21-26(10,22)23)18-4-5-24-6-8-7-25-14(19-8)20-13(16)17/h1-3,7H,4-6,15H2,(H,18,21)(H4,16,17,19,20). The zero-order valence-corrected chi connectivity index (χ0v) is 16.0. The molecule has 0 aliphatic carbocycles. The third kappa shape index (κ3) is 4.08. The predicted molar refractivity (Wildman–Crippen MR) is 106 cm³/mol. The van der Waals surface area contributed by atoms with Gasteiger partial charge >= 0.3 is 0 Å². The number of nitrogens with one attached hydrogen (secondary N) is 1. The summed E-state index contributed by atoms with van der Waals surface area (Å²) in [5, 5.41) is 2.41. The first kappa shape index (κ1) is 18.5. The average molecular weight is 412 g/mol. The maximum Gasteiger partial charge on any atom is 0.263 e. The zero-order chi connectivity index (χ0) is 18.7. The van der Waals surface area contributed by atoms with E-state index in [0.29, 0.717) is 40.3 Å². The molecule has 0 fully saturated rings. The van der Waals surface area contributed by atoms with Gasteiger partial charge in [-0.2, -0.15) is 16.8 Å². The summed E-state index contributed by atoms with van der Waals surface area (Å²) in [7, 11) is -3.58. The second-order valence-corrected chi connectivity index (χ2v) is 8.86. The third-order valence-electron chi connectivity index (χ3n) is 3.34. The Hall–Kier alpha value is -2.31. The average Bonchev–Trinajstić information content (AvgIpc) is 3.10. The first-order valence-corrected chi connectivity index (χ1v) is 11.0. The number of nitrogen functional groups attached to an aromatic ring is 1. The molecule has 1 aromatic heterocycles. The largest absolute Gasteiger partial charge is 0.398 e. The van der Waals surface area contributed by atoms with Gasteiger partial charge in [0.25, 0.3) is 10.0 Å². The van der Waals surface area contributed by atoms with Gasteiger partial charge in [0.05, 0.1) is 17.8 Å². The normalized spacial score (nSPS) is 16.2. The molecule has 138 valence electrons. The maximum atomic E-state index is 12.1. The Morgan fingerprint density at radius 1 is 1.35 bits per heavy atom. The number of thioether (sulfide) groups is 1. The van der Waals surface area contributed by atoms with Crippen molar-refractivity contribution in [1.29, 1.82) is 0 Å². The molecule has 12 heteroatoms. The molecule has 0 radical (unpaired) electrons. The lowest BCUT2D eigenvalue weighted by Gasteiger charge is -2.02. The zero-order valence-electron chi connectivity index (χ0n) is 13.5. The van der Waals surface area contributed by atoms with Crippen LogP contribution in [0.2, 0.25) is 0 Å². The molecule has 0 atom stereocenters. The number of hydrogen-bond acceptors (Lipinski definition) is 8. The Morgan fingerprint density at radius 2 is 2.15 bits per heavy atom. The van der Waals surface area contributed by atoms with E-state index in [1.807, 2.05) is 5.38 Å². The Kier molecular flexibility index (Phi) is 5.34. The molecule has 0 saturated carbocycles. The number of anilines is 1. The van der Waals surface area contributed by atoms with Crippen molar-refractivity contribution in [2.75, 3.05) is 18.0 Å². The monoisotopic (exact) mass is 411 g/mol. The molecule has 7 N–H and O–H groups in total. The molecule has 0 amide bonds. The molecule has 0 unspecified atom stereocenters. The van der Waals surface area contributed by atoms with Gasteiger partial charge in [0.2, 0.25) is 5.13 Å². The van der Waals surface area contributed by atoms with Gasteiger partial charge < -0.3 is 17.2 Å². The number of thiazole rings is 1. The molecule has 1 aliphatic heterocycles. The smallest absolute Gasteiger partial charge is 0.263 e. The molecule has 3 rings (SSSR count). The van der Waals surface area contributed by atoms with Crippen molar-refractivity contribution in [2.45, 2.75) is 10.6 Å². The highest BCUT2D eigenvalue weighted by molar-refractivity contribution is 7.98. The van der Waals surface area contributed by atoms with Gasteiger partial charge in [0, 0.05) is 22.6 Å². The summed E-state index contributed by atoms with van der Waals surface area (Å²) in [6.45, 7) is 0.446. The molecular formula is C14H17N7O2S3. The van der Waals surface area contributed by atoms with Gasteiger partial charge in [-0.3, -0.25) is 9.71 Å². The Morgan fingerprint density at radius 3 is 2.92 bits per heavy atom. The number of hydrogen-bond donors (Lipinski definition) is 4. The van der Waals surface area contributed by atoms with Gasteiger partial charge in [0.1, 0.15) is 10.7 Å². The molecule has 26 heavy (non-hydrogen) atoms. The van der Waals surface area contributed by atoms with Crippen LogP contribution in [0, 0.1) is 0 Å². The van der Waals surface area contributed by atoms with Crippen LogP contribution in [0.5, 0.6) is 0 Å². The van der Waals surface area contributed by atoms with Crippen LogP contribution >= 0.6 is 23.1 Å². The minimum atomic E-state index is -3.58. The van der Waals surface area contributed by atoms with E-state index in [2.05, 4.69) is 19.7 Å². The number of benzene rings is 1. The molecule has 2 heterocycles. The van der Waals surface area contributed by atoms with E-state index >= 15 is 0 Å². The fraction of sp³-hybridized carbons (Fsp3) is 0.214. The van der Waals surface area contributed by atoms with Gasteiger partial charge in [-0.1, -0.05) is 6.07 Å². The van der Waals surface area contributed by atoms with E-state index in [0.717, 1.165) is 5.69 Å². The van der Waals surface area contributed by atoms with Crippen molar-refractivity contribution in [3.05, 3.63) is 34.8 Å². The second-order valence-electron chi connectivity index (χ2n) is 5.27. The Balaban J connectivity index is 1.57. The number of amidine groups is 1. The lowest BCUT2D eigenvalue weighted by molar-refractivity contribution is 0.595. The van der Waals surface area contributed by atoms with Gasteiger partial charge in [-0.15, -0.1) is 11.3 Å². The quantitative estimate of drug-likeness (QED) is 0.234. The van der Waals surface area contributed by atoms with Crippen LogP contribution < -0.4 is 21.9 Å². The number of fused-ring (bicyclic) bond motifs is 1. The summed E-state index contributed by atoms with van der Waals surface area (Å²) in [6.07, 6.45) is 0.